The summed E-state index contributed by atoms with van der Waals surface area (Å²) in [4.78, 5) is 12.8. The van der Waals surface area contributed by atoms with Crippen molar-refractivity contribution in [1.29, 1.82) is 0 Å². The number of aryl methyl sites for hydroxylation is 2. The van der Waals surface area contributed by atoms with E-state index in [1.54, 1.807) is 44.6 Å². The van der Waals surface area contributed by atoms with Gasteiger partial charge in [-0.1, -0.05) is 35.9 Å². The second kappa shape index (κ2) is 8.56. The lowest BCUT2D eigenvalue weighted by molar-refractivity contribution is 0.101. The van der Waals surface area contributed by atoms with E-state index in [1.807, 2.05) is 12.1 Å². The van der Waals surface area contributed by atoms with Gasteiger partial charge in [-0.2, -0.15) is 0 Å². The Morgan fingerprint density at radius 1 is 0.968 bits per heavy atom. The van der Waals surface area contributed by atoms with Crippen molar-refractivity contribution in [3.63, 3.8) is 0 Å². The van der Waals surface area contributed by atoms with Crippen LogP contribution in [0.3, 0.4) is 0 Å². The summed E-state index contributed by atoms with van der Waals surface area (Å²) in [5.41, 5.74) is 4.70. The molecule has 0 saturated heterocycles. The van der Waals surface area contributed by atoms with Crippen molar-refractivity contribution in [1.82, 2.24) is 0 Å². The van der Waals surface area contributed by atoms with Crippen molar-refractivity contribution >= 4 is 11.9 Å². The van der Waals surface area contributed by atoms with Gasteiger partial charge in [0.05, 0.1) is 19.8 Å². The Kier molecular flexibility index (Phi) is 5.67. The molecule has 0 spiro atoms. The van der Waals surface area contributed by atoms with Crippen LogP contribution in [-0.2, 0) is 6.61 Å². The van der Waals surface area contributed by atoms with Crippen LogP contribution >= 0.6 is 0 Å². The fraction of sp³-hybridized carbons (Fsp3) is 0.192. The molecule has 0 fully saturated rings. The van der Waals surface area contributed by atoms with Crippen LogP contribution < -0.4 is 18.9 Å². The van der Waals surface area contributed by atoms with E-state index in [2.05, 4.69) is 32.0 Å². The Balaban J connectivity index is 1.56. The minimum atomic E-state index is -0.180. The Morgan fingerprint density at radius 2 is 1.81 bits per heavy atom. The standard InChI is InChI=1S/C26H24O5/c1-16-8-9-17(2)19(12-16)15-30-20-10-11-21-23(14-20)31-24(25(21)27)13-18-6-5-7-22(28-3)26(18)29-4/h5-14H,15H2,1-4H3/b24-13-. The minimum absolute atomic E-state index is 0.180. The van der Waals surface area contributed by atoms with Crippen LogP contribution in [0.25, 0.3) is 6.08 Å². The lowest BCUT2D eigenvalue weighted by Crippen LogP contribution is -1.99. The summed E-state index contributed by atoms with van der Waals surface area (Å²) in [5.74, 6) is 2.31. The summed E-state index contributed by atoms with van der Waals surface area (Å²) >= 11 is 0. The molecule has 1 heterocycles. The van der Waals surface area contributed by atoms with Crippen LogP contribution in [0.1, 0.15) is 32.6 Å². The Labute approximate surface area is 181 Å². The van der Waals surface area contributed by atoms with Gasteiger partial charge in [-0.25, -0.2) is 0 Å². The van der Waals surface area contributed by atoms with E-state index >= 15 is 0 Å². The van der Waals surface area contributed by atoms with Gasteiger partial charge in [0.1, 0.15) is 18.1 Å². The first-order valence-electron chi connectivity index (χ1n) is 9.98. The summed E-state index contributed by atoms with van der Waals surface area (Å²) in [7, 11) is 3.13. The van der Waals surface area contributed by atoms with E-state index in [-0.39, 0.29) is 11.5 Å². The van der Waals surface area contributed by atoms with Crippen molar-refractivity contribution in [2.45, 2.75) is 20.5 Å². The van der Waals surface area contributed by atoms with Crippen molar-refractivity contribution in [2.75, 3.05) is 14.2 Å². The van der Waals surface area contributed by atoms with Gasteiger partial charge in [0, 0.05) is 11.6 Å². The Morgan fingerprint density at radius 3 is 2.58 bits per heavy atom. The first-order valence-corrected chi connectivity index (χ1v) is 9.98. The highest BCUT2D eigenvalue weighted by atomic mass is 16.5. The number of ketones is 1. The van der Waals surface area contributed by atoms with Crippen molar-refractivity contribution in [3.05, 3.63) is 88.2 Å². The van der Waals surface area contributed by atoms with Crippen molar-refractivity contribution in [3.8, 4) is 23.0 Å². The quantitative estimate of drug-likeness (QED) is 0.496. The first-order chi connectivity index (χ1) is 15.0. The highest BCUT2D eigenvalue weighted by Gasteiger charge is 2.28. The van der Waals surface area contributed by atoms with Gasteiger partial charge in [0.25, 0.3) is 0 Å². The number of rotatable bonds is 6. The van der Waals surface area contributed by atoms with Gasteiger partial charge < -0.3 is 18.9 Å². The molecule has 3 aromatic rings. The Hall–Kier alpha value is -3.73. The molecular weight excluding hydrogens is 392 g/mol. The molecule has 0 aliphatic carbocycles. The SMILES string of the molecule is COc1cccc(/C=C2\Oc3cc(OCc4cc(C)ccc4C)ccc3C2=O)c1OC. The number of hydrogen-bond acceptors (Lipinski definition) is 5. The third-order valence-electron chi connectivity index (χ3n) is 5.26. The predicted molar refractivity (Wildman–Crippen MR) is 119 cm³/mol. The van der Waals surface area contributed by atoms with E-state index in [4.69, 9.17) is 18.9 Å². The van der Waals surface area contributed by atoms with Gasteiger partial charge in [-0.15, -0.1) is 0 Å². The highest BCUT2D eigenvalue weighted by Crippen LogP contribution is 2.37. The second-order valence-corrected chi connectivity index (χ2v) is 7.40. The number of para-hydroxylation sites is 1. The van der Waals surface area contributed by atoms with Crippen LogP contribution in [0.5, 0.6) is 23.0 Å². The smallest absolute Gasteiger partial charge is 0.231 e. The third-order valence-corrected chi connectivity index (χ3v) is 5.26. The van der Waals surface area contributed by atoms with Crippen LogP contribution in [0.2, 0.25) is 0 Å². The molecule has 3 aromatic carbocycles. The van der Waals surface area contributed by atoms with E-state index in [1.165, 1.54) is 11.1 Å². The van der Waals surface area contributed by atoms with Gasteiger partial charge in [0.15, 0.2) is 17.3 Å². The van der Waals surface area contributed by atoms with E-state index in [9.17, 15) is 4.79 Å². The minimum Gasteiger partial charge on any atom is -0.493 e. The monoisotopic (exact) mass is 416 g/mol. The molecule has 4 rings (SSSR count). The van der Waals surface area contributed by atoms with Gasteiger partial charge in [0.2, 0.25) is 5.78 Å². The van der Waals surface area contributed by atoms with Crippen LogP contribution in [0.15, 0.2) is 60.4 Å². The normalized spacial score (nSPS) is 13.7. The molecule has 0 N–H and O–H groups in total. The molecule has 1 aliphatic heterocycles. The van der Waals surface area contributed by atoms with Crippen LogP contribution in [0.4, 0.5) is 0 Å². The molecule has 0 amide bonds. The number of ether oxygens (including phenoxy) is 4. The molecule has 1 aliphatic rings. The molecule has 5 nitrogen and oxygen atoms in total. The van der Waals surface area contributed by atoms with Crippen molar-refractivity contribution in [2.24, 2.45) is 0 Å². The maximum Gasteiger partial charge on any atom is 0.231 e. The molecule has 158 valence electrons. The number of carbonyl (C=O) groups excluding carboxylic acids is 1. The number of carbonyl (C=O) groups is 1. The average molecular weight is 416 g/mol. The summed E-state index contributed by atoms with van der Waals surface area (Å²) in [6, 6.07) is 17.0. The molecule has 5 heteroatoms. The van der Waals surface area contributed by atoms with Crippen LogP contribution in [0, 0.1) is 13.8 Å². The Bertz CT molecular complexity index is 1180. The van der Waals surface area contributed by atoms with E-state index in [0.29, 0.717) is 40.7 Å². The molecule has 0 unspecified atom stereocenters. The summed E-state index contributed by atoms with van der Waals surface area (Å²) < 4.78 is 22.6. The van der Waals surface area contributed by atoms with Gasteiger partial charge >= 0.3 is 0 Å². The van der Waals surface area contributed by atoms with Gasteiger partial charge in [-0.05, 0) is 49.2 Å². The third kappa shape index (κ3) is 4.12. The van der Waals surface area contributed by atoms with Gasteiger partial charge in [-0.3, -0.25) is 4.79 Å². The molecule has 0 aromatic heterocycles. The topological polar surface area (TPSA) is 54.0 Å². The zero-order valence-corrected chi connectivity index (χ0v) is 18.0. The van der Waals surface area contributed by atoms with E-state index in [0.717, 1.165) is 5.56 Å². The number of Topliss-reactive ketones (excluding diaryl/α,β-unsaturated/α-hetero) is 1. The molecule has 0 saturated carbocycles. The van der Waals surface area contributed by atoms with Crippen LogP contribution in [-0.4, -0.2) is 20.0 Å². The molecule has 0 radical (unpaired) electrons. The zero-order valence-electron chi connectivity index (χ0n) is 18.0. The number of allylic oxidation sites excluding steroid dienone is 1. The highest BCUT2D eigenvalue weighted by molar-refractivity contribution is 6.14. The lowest BCUT2D eigenvalue weighted by Gasteiger charge is -2.10. The number of benzene rings is 3. The predicted octanol–water partition coefficient (Wildman–Crippen LogP) is 5.52. The summed E-state index contributed by atoms with van der Waals surface area (Å²) in [5, 5.41) is 0. The average Bonchev–Trinajstić information content (AvgIpc) is 3.08. The summed E-state index contributed by atoms with van der Waals surface area (Å²) in [6.45, 7) is 4.57. The molecule has 0 atom stereocenters. The van der Waals surface area contributed by atoms with Crippen molar-refractivity contribution < 1.29 is 23.7 Å². The zero-order chi connectivity index (χ0) is 22.0. The lowest BCUT2D eigenvalue weighted by atomic mass is 10.1. The fourth-order valence-corrected chi connectivity index (χ4v) is 3.54. The number of hydrogen-bond donors (Lipinski definition) is 0. The first kappa shape index (κ1) is 20.5. The largest absolute Gasteiger partial charge is 0.493 e. The maximum atomic E-state index is 12.8. The molecule has 0 bridgehead atoms. The second-order valence-electron chi connectivity index (χ2n) is 7.40. The summed E-state index contributed by atoms with van der Waals surface area (Å²) in [6.07, 6.45) is 1.67. The maximum absolute atomic E-state index is 12.8. The molecular formula is C26H24O5. The number of methoxy groups -OCH3 is 2. The molecule has 31 heavy (non-hydrogen) atoms. The fourth-order valence-electron chi connectivity index (χ4n) is 3.54. The number of fused-ring (bicyclic) bond motifs is 1. The van der Waals surface area contributed by atoms with E-state index < -0.39 is 0 Å².